The summed E-state index contributed by atoms with van der Waals surface area (Å²) >= 11 is 8.90. The van der Waals surface area contributed by atoms with Gasteiger partial charge in [-0.3, -0.25) is 4.72 Å². The summed E-state index contributed by atoms with van der Waals surface area (Å²) in [6.07, 6.45) is 0. The molecule has 0 saturated heterocycles. The SMILES string of the molecule is CC(CCl)CS(=O)(=O)Nc1cc2[nH]c(=O)[nH]c2cc1Br. The van der Waals surface area contributed by atoms with Crippen molar-refractivity contribution < 1.29 is 8.42 Å². The average molecular weight is 383 g/mol. The minimum atomic E-state index is -3.50. The van der Waals surface area contributed by atoms with Crippen LogP contribution in [0.5, 0.6) is 0 Å². The van der Waals surface area contributed by atoms with Crippen LogP contribution in [-0.2, 0) is 10.0 Å². The molecule has 9 heteroatoms. The standard InChI is InChI=1S/C11H13BrClN3O3S/c1-6(4-13)5-20(18,19)16-8-3-10-9(2-7(8)12)14-11(17)15-10/h2-3,6,16H,4-5H2,1H3,(H2,14,15,17). The Morgan fingerprint density at radius 2 is 1.95 bits per heavy atom. The van der Waals surface area contributed by atoms with E-state index in [4.69, 9.17) is 11.6 Å². The summed E-state index contributed by atoms with van der Waals surface area (Å²) in [7, 11) is -3.50. The zero-order valence-corrected chi connectivity index (χ0v) is 13.7. The highest BCUT2D eigenvalue weighted by atomic mass is 79.9. The fourth-order valence-corrected chi connectivity index (χ4v) is 4.03. The number of hydrogen-bond donors (Lipinski definition) is 3. The third-order valence-electron chi connectivity index (χ3n) is 2.64. The van der Waals surface area contributed by atoms with E-state index in [1.807, 2.05) is 0 Å². The van der Waals surface area contributed by atoms with Crippen LogP contribution in [0.1, 0.15) is 6.92 Å². The van der Waals surface area contributed by atoms with Gasteiger partial charge in [0, 0.05) is 10.4 Å². The minimum Gasteiger partial charge on any atom is -0.306 e. The molecule has 0 fully saturated rings. The Balaban J connectivity index is 2.33. The van der Waals surface area contributed by atoms with E-state index in [9.17, 15) is 13.2 Å². The first kappa shape index (κ1) is 15.4. The lowest BCUT2D eigenvalue weighted by Gasteiger charge is -2.12. The summed E-state index contributed by atoms with van der Waals surface area (Å²) in [5, 5.41) is 0. The Kier molecular flexibility index (Phi) is 4.46. The van der Waals surface area contributed by atoms with E-state index in [0.717, 1.165) is 0 Å². The Morgan fingerprint density at radius 1 is 1.35 bits per heavy atom. The summed E-state index contributed by atoms with van der Waals surface area (Å²) < 4.78 is 27.0. The summed E-state index contributed by atoms with van der Waals surface area (Å²) in [5.74, 6) is 0.0559. The number of aromatic amines is 2. The lowest BCUT2D eigenvalue weighted by atomic mass is 10.3. The van der Waals surface area contributed by atoms with E-state index >= 15 is 0 Å². The van der Waals surface area contributed by atoms with Gasteiger partial charge in [-0.2, -0.15) is 0 Å². The van der Waals surface area contributed by atoms with Gasteiger partial charge in [0.25, 0.3) is 0 Å². The number of fused-ring (bicyclic) bond motifs is 1. The van der Waals surface area contributed by atoms with Gasteiger partial charge in [0.2, 0.25) is 10.0 Å². The highest BCUT2D eigenvalue weighted by Crippen LogP contribution is 2.27. The van der Waals surface area contributed by atoms with E-state index in [2.05, 4.69) is 30.6 Å². The molecule has 0 aliphatic heterocycles. The Hall–Kier alpha value is -0.990. The third-order valence-corrected chi connectivity index (χ3v) is 5.36. The van der Waals surface area contributed by atoms with Gasteiger partial charge in [0.15, 0.2) is 0 Å². The molecule has 1 aromatic heterocycles. The van der Waals surface area contributed by atoms with Gasteiger partial charge >= 0.3 is 5.69 Å². The maximum Gasteiger partial charge on any atom is 0.323 e. The number of anilines is 1. The number of benzene rings is 1. The molecule has 0 aliphatic carbocycles. The predicted octanol–water partition coefficient (Wildman–Crippen LogP) is 2.24. The van der Waals surface area contributed by atoms with Crippen molar-refractivity contribution in [3.05, 3.63) is 27.1 Å². The number of aromatic nitrogens is 2. The van der Waals surface area contributed by atoms with Crippen LogP contribution in [0, 0.1) is 5.92 Å². The van der Waals surface area contributed by atoms with Crippen LogP contribution in [0.4, 0.5) is 5.69 Å². The van der Waals surface area contributed by atoms with Crippen molar-refractivity contribution in [1.29, 1.82) is 0 Å². The second-order valence-corrected chi connectivity index (χ2v) is 7.53. The minimum absolute atomic E-state index is 0.0648. The zero-order valence-electron chi connectivity index (χ0n) is 10.5. The van der Waals surface area contributed by atoms with Crippen LogP contribution in [0.15, 0.2) is 21.4 Å². The van der Waals surface area contributed by atoms with Crippen molar-refractivity contribution >= 4 is 54.3 Å². The topological polar surface area (TPSA) is 94.8 Å². The maximum absolute atomic E-state index is 12.0. The number of rotatable bonds is 5. The van der Waals surface area contributed by atoms with Crippen LogP contribution in [0.3, 0.4) is 0 Å². The molecule has 0 aliphatic rings. The molecule has 0 saturated carbocycles. The summed E-state index contributed by atoms with van der Waals surface area (Å²) in [4.78, 5) is 16.4. The van der Waals surface area contributed by atoms with Crippen molar-refractivity contribution in [3.63, 3.8) is 0 Å². The second-order valence-electron chi connectivity index (χ2n) is 4.60. The predicted molar refractivity (Wildman–Crippen MR) is 83.9 cm³/mol. The van der Waals surface area contributed by atoms with Crippen molar-refractivity contribution in [3.8, 4) is 0 Å². The largest absolute Gasteiger partial charge is 0.323 e. The van der Waals surface area contributed by atoms with E-state index in [0.29, 0.717) is 21.2 Å². The van der Waals surface area contributed by atoms with Crippen LogP contribution in [-0.4, -0.2) is 30.0 Å². The molecule has 1 unspecified atom stereocenters. The van der Waals surface area contributed by atoms with Gasteiger partial charge in [-0.25, -0.2) is 13.2 Å². The van der Waals surface area contributed by atoms with Crippen LogP contribution < -0.4 is 10.4 Å². The Labute approximate surface area is 129 Å². The van der Waals surface area contributed by atoms with Crippen molar-refractivity contribution in [2.75, 3.05) is 16.4 Å². The molecule has 2 rings (SSSR count). The van der Waals surface area contributed by atoms with Gasteiger partial charge in [0.05, 0.1) is 22.5 Å². The van der Waals surface area contributed by atoms with Crippen LogP contribution in [0.2, 0.25) is 0 Å². The quantitative estimate of drug-likeness (QED) is 0.692. The summed E-state index contributed by atoms with van der Waals surface area (Å²) in [6.45, 7) is 1.76. The molecular formula is C11H13BrClN3O3S. The molecule has 0 spiro atoms. The summed E-state index contributed by atoms with van der Waals surface area (Å²) in [6, 6.07) is 3.19. The first-order valence-corrected chi connectivity index (χ1v) is 8.76. The zero-order chi connectivity index (χ0) is 14.9. The summed E-state index contributed by atoms with van der Waals surface area (Å²) in [5.41, 5.74) is 1.15. The van der Waals surface area contributed by atoms with Gasteiger partial charge in [-0.05, 0) is 34.0 Å². The molecule has 6 nitrogen and oxygen atoms in total. The molecule has 0 amide bonds. The van der Waals surface area contributed by atoms with Crippen molar-refractivity contribution in [2.24, 2.45) is 5.92 Å². The number of imidazole rings is 1. The Bertz CT molecular complexity index is 784. The molecule has 0 radical (unpaired) electrons. The lowest BCUT2D eigenvalue weighted by Crippen LogP contribution is -2.22. The molecule has 1 heterocycles. The normalized spacial score (nSPS) is 13.6. The molecule has 3 N–H and O–H groups in total. The maximum atomic E-state index is 12.0. The van der Waals surface area contributed by atoms with Crippen LogP contribution in [0.25, 0.3) is 11.0 Å². The third kappa shape index (κ3) is 3.56. The Morgan fingerprint density at radius 3 is 2.55 bits per heavy atom. The number of hydrogen-bond acceptors (Lipinski definition) is 3. The molecule has 20 heavy (non-hydrogen) atoms. The molecule has 2 aromatic rings. The van der Waals surface area contributed by atoms with E-state index in [1.165, 1.54) is 0 Å². The van der Waals surface area contributed by atoms with Gasteiger partial charge in [-0.15, -0.1) is 11.6 Å². The van der Waals surface area contributed by atoms with Gasteiger partial charge in [0.1, 0.15) is 0 Å². The number of halogens is 2. The number of alkyl halides is 1. The monoisotopic (exact) mass is 381 g/mol. The highest BCUT2D eigenvalue weighted by Gasteiger charge is 2.17. The van der Waals surface area contributed by atoms with E-state index in [-0.39, 0.29) is 23.2 Å². The fourth-order valence-electron chi connectivity index (χ4n) is 1.76. The lowest BCUT2D eigenvalue weighted by molar-refractivity contribution is 0.588. The van der Waals surface area contributed by atoms with Gasteiger partial charge in [-0.1, -0.05) is 6.92 Å². The first-order valence-electron chi connectivity index (χ1n) is 5.79. The van der Waals surface area contributed by atoms with Gasteiger partial charge < -0.3 is 9.97 Å². The van der Waals surface area contributed by atoms with E-state index in [1.54, 1.807) is 19.1 Å². The molecule has 110 valence electrons. The number of sulfonamides is 1. The molecule has 1 atom stereocenters. The van der Waals surface area contributed by atoms with Crippen molar-refractivity contribution in [1.82, 2.24) is 9.97 Å². The number of H-pyrrole nitrogens is 2. The second kappa shape index (κ2) is 5.79. The molecule has 1 aromatic carbocycles. The fraction of sp³-hybridized carbons (Fsp3) is 0.364. The average Bonchev–Trinajstić information content (AvgIpc) is 2.67. The van der Waals surface area contributed by atoms with E-state index < -0.39 is 10.0 Å². The van der Waals surface area contributed by atoms with Crippen molar-refractivity contribution in [2.45, 2.75) is 6.92 Å². The highest BCUT2D eigenvalue weighted by molar-refractivity contribution is 9.10. The van der Waals surface area contributed by atoms with Crippen LogP contribution >= 0.6 is 27.5 Å². The first-order chi connectivity index (χ1) is 9.30. The molecule has 0 bridgehead atoms. The smallest absolute Gasteiger partial charge is 0.306 e. The molecular weight excluding hydrogens is 370 g/mol. The number of nitrogens with one attached hydrogen (secondary N) is 3.